The number of amides is 2. The van der Waals surface area contributed by atoms with Gasteiger partial charge in [0.2, 0.25) is 0 Å². The fraction of sp³-hybridized carbons (Fsp3) is 0.407. The Kier molecular flexibility index (Phi) is 6.84. The second kappa shape index (κ2) is 9.79. The molecule has 1 saturated heterocycles. The van der Waals surface area contributed by atoms with Gasteiger partial charge in [-0.25, -0.2) is 4.90 Å². The predicted molar refractivity (Wildman–Crippen MR) is 129 cm³/mol. The third-order valence-electron chi connectivity index (χ3n) is 6.50. The highest BCUT2D eigenvalue weighted by Gasteiger charge is 2.43. The van der Waals surface area contributed by atoms with Crippen LogP contribution in [0.5, 0.6) is 5.75 Å². The molecule has 33 heavy (non-hydrogen) atoms. The molecule has 1 N–H and O–H groups in total. The van der Waals surface area contributed by atoms with Gasteiger partial charge in [-0.15, -0.1) is 0 Å². The number of carbonyl (C=O) groups is 2. The zero-order chi connectivity index (χ0) is 23.5. The predicted octanol–water partition coefficient (Wildman–Crippen LogP) is 4.08. The van der Waals surface area contributed by atoms with Crippen molar-refractivity contribution < 1.29 is 19.4 Å². The highest BCUT2D eigenvalue weighted by molar-refractivity contribution is 6.45. The molecule has 6 nitrogen and oxygen atoms in total. The van der Waals surface area contributed by atoms with Crippen LogP contribution >= 0.6 is 0 Å². The van der Waals surface area contributed by atoms with Gasteiger partial charge in [-0.05, 0) is 67.9 Å². The molecule has 1 fully saturated rings. The molecule has 6 heteroatoms. The molecule has 2 aromatic rings. The van der Waals surface area contributed by atoms with E-state index in [-0.39, 0.29) is 24.3 Å². The molecule has 0 bridgehead atoms. The second-order valence-electron chi connectivity index (χ2n) is 8.95. The van der Waals surface area contributed by atoms with Crippen molar-refractivity contribution in [3.05, 3.63) is 64.9 Å². The van der Waals surface area contributed by atoms with Gasteiger partial charge in [0.15, 0.2) is 0 Å². The number of likely N-dealkylation sites (tertiary alicyclic amines) is 1. The van der Waals surface area contributed by atoms with E-state index in [1.54, 1.807) is 18.2 Å². The van der Waals surface area contributed by atoms with Gasteiger partial charge >= 0.3 is 0 Å². The number of nitrogens with zero attached hydrogens (tertiary/aromatic N) is 2. The molecule has 1 unspecified atom stereocenters. The van der Waals surface area contributed by atoms with Crippen LogP contribution in [0.25, 0.3) is 5.57 Å². The highest BCUT2D eigenvalue weighted by atomic mass is 16.5. The zero-order valence-corrected chi connectivity index (χ0v) is 19.6. The highest BCUT2D eigenvalue weighted by Crippen LogP contribution is 2.37. The molecule has 0 aliphatic carbocycles. The topological polar surface area (TPSA) is 70.1 Å². The smallest absolute Gasteiger partial charge is 0.282 e. The average molecular weight is 449 g/mol. The molecule has 2 aliphatic rings. The second-order valence-corrected chi connectivity index (χ2v) is 8.95. The van der Waals surface area contributed by atoms with Crippen molar-refractivity contribution in [2.45, 2.75) is 40.0 Å². The number of benzene rings is 2. The van der Waals surface area contributed by atoms with Crippen molar-refractivity contribution in [2.24, 2.45) is 5.92 Å². The number of piperidine rings is 1. The number of aryl methyl sites for hydroxylation is 2. The van der Waals surface area contributed by atoms with Crippen molar-refractivity contribution in [2.75, 3.05) is 31.2 Å². The third kappa shape index (κ3) is 4.53. The Hall–Kier alpha value is -3.12. The average Bonchev–Trinajstić information content (AvgIpc) is 3.09. The lowest BCUT2D eigenvalue weighted by Crippen LogP contribution is -2.40. The maximum Gasteiger partial charge on any atom is 0.282 e. The molecule has 2 aromatic carbocycles. The van der Waals surface area contributed by atoms with Crippen molar-refractivity contribution in [3.8, 4) is 5.75 Å². The summed E-state index contributed by atoms with van der Waals surface area (Å²) in [7, 11) is 0. The first-order valence-electron chi connectivity index (χ1n) is 11.7. The van der Waals surface area contributed by atoms with E-state index < -0.39 is 0 Å². The first-order valence-corrected chi connectivity index (χ1v) is 11.7. The fourth-order valence-electron chi connectivity index (χ4n) is 4.55. The minimum absolute atomic E-state index is 0.0748. The van der Waals surface area contributed by atoms with E-state index >= 15 is 0 Å². The summed E-state index contributed by atoms with van der Waals surface area (Å²) in [6.07, 6.45) is 2.66. The van der Waals surface area contributed by atoms with Gasteiger partial charge in [0.25, 0.3) is 11.8 Å². The first-order chi connectivity index (χ1) is 15.9. The summed E-state index contributed by atoms with van der Waals surface area (Å²) in [4.78, 5) is 30.8. The summed E-state index contributed by atoms with van der Waals surface area (Å²) in [6, 6.07) is 13.0. The Labute approximate surface area is 195 Å². The largest absolute Gasteiger partial charge is 0.494 e. The van der Waals surface area contributed by atoms with Crippen LogP contribution < -0.4 is 9.64 Å². The van der Waals surface area contributed by atoms with Gasteiger partial charge in [-0.2, -0.15) is 0 Å². The maximum absolute atomic E-state index is 13.8. The number of imide groups is 1. The summed E-state index contributed by atoms with van der Waals surface area (Å²) in [5, 5.41) is 9.73. The molecule has 4 rings (SSSR count). The molecule has 0 aromatic heterocycles. The molecule has 0 spiro atoms. The third-order valence-corrected chi connectivity index (χ3v) is 6.50. The Bertz CT molecular complexity index is 1090. The number of rotatable bonds is 7. The van der Waals surface area contributed by atoms with Crippen LogP contribution in [0.2, 0.25) is 0 Å². The molecular weight excluding hydrogens is 416 g/mol. The van der Waals surface area contributed by atoms with Gasteiger partial charge in [-0.1, -0.05) is 31.2 Å². The van der Waals surface area contributed by atoms with Crippen molar-refractivity contribution in [3.63, 3.8) is 0 Å². The summed E-state index contributed by atoms with van der Waals surface area (Å²) < 4.78 is 5.74. The Morgan fingerprint density at radius 1 is 1.06 bits per heavy atom. The lowest BCUT2D eigenvalue weighted by atomic mass is 9.96. The van der Waals surface area contributed by atoms with Crippen LogP contribution in [0, 0.1) is 19.8 Å². The van der Waals surface area contributed by atoms with E-state index in [1.807, 2.05) is 49.9 Å². The lowest BCUT2D eigenvalue weighted by molar-refractivity contribution is -0.120. The first kappa shape index (κ1) is 23.1. The monoisotopic (exact) mass is 448 g/mol. The van der Waals surface area contributed by atoms with Gasteiger partial charge < -0.3 is 14.7 Å². The summed E-state index contributed by atoms with van der Waals surface area (Å²) in [6.45, 7) is 7.96. The molecule has 1 atom stereocenters. The molecule has 0 saturated carbocycles. The molecule has 0 radical (unpaired) electrons. The van der Waals surface area contributed by atoms with Gasteiger partial charge in [0.05, 0.1) is 17.9 Å². The van der Waals surface area contributed by atoms with E-state index in [0.29, 0.717) is 42.4 Å². The van der Waals surface area contributed by atoms with E-state index in [1.165, 1.54) is 4.90 Å². The number of hydrogen-bond donors (Lipinski definition) is 1. The van der Waals surface area contributed by atoms with Gasteiger partial charge in [0, 0.05) is 25.8 Å². The van der Waals surface area contributed by atoms with Crippen molar-refractivity contribution in [1.82, 2.24) is 4.90 Å². The van der Waals surface area contributed by atoms with E-state index in [4.69, 9.17) is 4.74 Å². The Balaban J connectivity index is 1.78. The van der Waals surface area contributed by atoms with Gasteiger partial charge in [0.1, 0.15) is 11.4 Å². The minimum atomic E-state index is -0.322. The molecule has 2 heterocycles. The van der Waals surface area contributed by atoms with E-state index in [2.05, 4.69) is 0 Å². The van der Waals surface area contributed by atoms with Crippen LogP contribution in [0.1, 0.15) is 42.9 Å². The number of aliphatic hydroxyl groups excluding tert-OH is 1. The standard InChI is InChI=1S/C27H32N2O4/c1-4-13-33-23-9-5-8-22(15-23)29-26(31)24(21-11-10-18(2)19(3)14-21)25(27(29)32)28-12-6-7-20(16-28)17-30/h5,8-11,14-15,20,30H,4,6-7,12-13,16-17H2,1-3H3. The normalized spacial score (nSPS) is 19.0. The maximum atomic E-state index is 13.8. The summed E-state index contributed by atoms with van der Waals surface area (Å²) >= 11 is 0. The molecule has 2 aliphatic heterocycles. The molecule has 2 amide bonds. The van der Waals surface area contributed by atoms with E-state index in [9.17, 15) is 14.7 Å². The number of hydrogen-bond acceptors (Lipinski definition) is 5. The number of aliphatic hydroxyl groups is 1. The molecular formula is C27H32N2O4. The van der Waals surface area contributed by atoms with Crippen LogP contribution in [0.3, 0.4) is 0 Å². The Morgan fingerprint density at radius 2 is 1.88 bits per heavy atom. The minimum Gasteiger partial charge on any atom is -0.494 e. The SMILES string of the molecule is CCCOc1cccc(N2C(=O)C(c3ccc(C)c(C)c3)=C(N3CCCC(CO)C3)C2=O)c1. The van der Waals surface area contributed by atoms with Crippen molar-refractivity contribution >= 4 is 23.1 Å². The molecule has 174 valence electrons. The number of anilines is 1. The zero-order valence-electron chi connectivity index (χ0n) is 19.6. The fourth-order valence-corrected chi connectivity index (χ4v) is 4.55. The van der Waals surface area contributed by atoms with E-state index in [0.717, 1.165) is 36.0 Å². The van der Waals surface area contributed by atoms with Crippen LogP contribution in [0.4, 0.5) is 5.69 Å². The number of carbonyl (C=O) groups excluding carboxylic acids is 2. The van der Waals surface area contributed by atoms with Crippen LogP contribution in [-0.4, -0.2) is 48.1 Å². The quantitative estimate of drug-likeness (QED) is 0.647. The summed E-state index contributed by atoms with van der Waals surface area (Å²) in [5.74, 6) is 0.0842. The Morgan fingerprint density at radius 3 is 2.61 bits per heavy atom. The van der Waals surface area contributed by atoms with Crippen molar-refractivity contribution in [1.29, 1.82) is 0 Å². The van der Waals surface area contributed by atoms with Gasteiger partial charge in [-0.3, -0.25) is 9.59 Å². The van der Waals surface area contributed by atoms with Crippen LogP contribution in [0.15, 0.2) is 48.2 Å². The lowest BCUT2D eigenvalue weighted by Gasteiger charge is -2.34. The van der Waals surface area contributed by atoms with Crippen LogP contribution in [-0.2, 0) is 9.59 Å². The summed E-state index contributed by atoms with van der Waals surface area (Å²) in [5.41, 5.74) is 4.32. The number of ether oxygens (including phenoxy) is 1.